The minimum Gasteiger partial charge on any atom is -0.495 e. The first-order chi connectivity index (χ1) is 11.5. The lowest BCUT2D eigenvalue weighted by molar-refractivity contribution is -0.119. The molecule has 2 aromatic rings. The second-order valence-corrected chi connectivity index (χ2v) is 4.97. The molecule has 0 atom stereocenters. The number of carbonyl (C=O) groups is 2. The molecule has 1 aromatic carbocycles. The summed E-state index contributed by atoms with van der Waals surface area (Å²) >= 11 is 5.89. The van der Waals surface area contributed by atoms with Gasteiger partial charge in [-0.25, -0.2) is 9.78 Å². The van der Waals surface area contributed by atoms with E-state index in [-0.39, 0.29) is 11.4 Å². The van der Waals surface area contributed by atoms with Crippen molar-refractivity contribution >= 4 is 29.2 Å². The number of halogens is 1. The van der Waals surface area contributed by atoms with Gasteiger partial charge in [0.05, 0.1) is 19.9 Å². The summed E-state index contributed by atoms with van der Waals surface area (Å²) < 4.78 is 15.1. The standard InChI is InChI=1S/C16H15ClN2O5/c1-22-13-6-5-10(17)8-12(13)19-14(20)9-24-16(21)11-4-3-7-18-15(11)23-2/h3-8H,9H2,1-2H3,(H,19,20). The van der Waals surface area contributed by atoms with Gasteiger partial charge in [0, 0.05) is 11.2 Å². The average Bonchev–Trinajstić information content (AvgIpc) is 2.59. The van der Waals surface area contributed by atoms with Crippen LogP contribution in [0.3, 0.4) is 0 Å². The molecule has 0 aliphatic rings. The number of carbonyl (C=O) groups excluding carboxylic acids is 2. The predicted molar refractivity (Wildman–Crippen MR) is 87.7 cm³/mol. The largest absolute Gasteiger partial charge is 0.495 e. The number of anilines is 1. The molecule has 0 aliphatic carbocycles. The van der Waals surface area contributed by atoms with Gasteiger partial charge in [0.1, 0.15) is 11.3 Å². The van der Waals surface area contributed by atoms with Crippen LogP contribution in [0, 0.1) is 0 Å². The maximum Gasteiger partial charge on any atom is 0.344 e. The first-order valence-corrected chi connectivity index (χ1v) is 7.22. The van der Waals surface area contributed by atoms with E-state index in [2.05, 4.69) is 10.3 Å². The van der Waals surface area contributed by atoms with Gasteiger partial charge in [0.15, 0.2) is 6.61 Å². The van der Waals surface area contributed by atoms with Gasteiger partial charge in [0.2, 0.25) is 5.88 Å². The number of benzene rings is 1. The first kappa shape index (κ1) is 17.6. The quantitative estimate of drug-likeness (QED) is 0.806. The Hall–Kier alpha value is -2.80. The summed E-state index contributed by atoms with van der Waals surface area (Å²) in [7, 11) is 2.85. The van der Waals surface area contributed by atoms with Gasteiger partial charge in [-0.3, -0.25) is 4.79 Å². The van der Waals surface area contributed by atoms with E-state index in [4.69, 9.17) is 25.8 Å². The van der Waals surface area contributed by atoms with E-state index >= 15 is 0 Å². The Kier molecular flexibility index (Phi) is 5.97. The van der Waals surface area contributed by atoms with Crippen LogP contribution in [-0.4, -0.2) is 37.7 Å². The molecule has 0 aliphatic heterocycles. The topological polar surface area (TPSA) is 86.8 Å². The summed E-state index contributed by atoms with van der Waals surface area (Å²) in [6.07, 6.45) is 1.48. The number of methoxy groups -OCH3 is 2. The Bertz CT molecular complexity index is 751. The van der Waals surface area contributed by atoms with Crippen molar-refractivity contribution in [2.45, 2.75) is 0 Å². The van der Waals surface area contributed by atoms with Crippen LogP contribution < -0.4 is 14.8 Å². The molecule has 0 saturated heterocycles. The molecule has 0 saturated carbocycles. The fourth-order valence-electron chi connectivity index (χ4n) is 1.88. The maximum absolute atomic E-state index is 12.0. The Balaban J connectivity index is 1.98. The molecule has 7 nitrogen and oxygen atoms in total. The van der Waals surface area contributed by atoms with Crippen molar-refractivity contribution in [2.75, 3.05) is 26.1 Å². The van der Waals surface area contributed by atoms with E-state index in [1.807, 2.05) is 0 Å². The molecule has 0 spiro atoms. The highest BCUT2D eigenvalue weighted by molar-refractivity contribution is 6.31. The molecule has 24 heavy (non-hydrogen) atoms. The number of hydrogen-bond donors (Lipinski definition) is 1. The number of esters is 1. The van der Waals surface area contributed by atoms with Crippen LogP contribution in [0.25, 0.3) is 0 Å². The molecule has 1 amide bonds. The van der Waals surface area contributed by atoms with Crippen LogP contribution in [-0.2, 0) is 9.53 Å². The number of nitrogens with zero attached hydrogens (tertiary/aromatic N) is 1. The van der Waals surface area contributed by atoms with Crippen LogP contribution in [0.15, 0.2) is 36.5 Å². The van der Waals surface area contributed by atoms with Gasteiger partial charge >= 0.3 is 5.97 Å². The Morgan fingerprint density at radius 1 is 1.21 bits per heavy atom. The van der Waals surface area contributed by atoms with Crippen molar-refractivity contribution in [3.8, 4) is 11.6 Å². The van der Waals surface area contributed by atoms with Crippen LogP contribution in [0.2, 0.25) is 5.02 Å². The second kappa shape index (κ2) is 8.16. The highest BCUT2D eigenvalue weighted by Crippen LogP contribution is 2.27. The lowest BCUT2D eigenvalue weighted by atomic mass is 10.3. The monoisotopic (exact) mass is 350 g/mol. The van der Waals surface area contributed by atoms with Crippen LogP contribution in [0.4, 0.5) is 5.69 Å². The van der Waals surface area contributed by atoms with E-state index < -0.39 is 18.5 Å². The summed E-state index contributed by atoms with van der Waals surface area (Å²) in [5, 5.41) is 3.00. The number of nitrogens with one attached hydrogen (secondary N) is 1. The normalized spacial score (nSPS) is 9.96. The highest BCUT2D eigenvalue weighted by Gasteiger charge is 2.16. The third-order valence-electron chi connectivity index (χ3n) is 2.95. The van der Waals surface area contributed by atoms with Crippen molar-refractivity contribution in [2.24, 2.45) is 0 Å². The molecule has 0 unspecified atom stereocenters. The number of aromatic nitrogens is 1. The molecule has 1 heterocycles. The van der Waals surface area contributed by atoms with Crippen LogP contribution in [0.5, 0.6) is 11.6 Å². The second-order valence-electron chi connectivity index (χ2n) is 4.53. The third-order valence-corrected chi connectivity index (χ3v) is 3.19. The zero-order valence-corrected chi connectivity index (χ0v) is 13.8. The molecular weight excluding hydrogens is 336 g/mol. The SMILES string of the molecule is COc1ccc(Cl)cc1NC(=O)COC(=O)c1cccnc1OC. The van der Waals surface area contributed by atoms with Gasteiger partial charge in [-0.1, -0.05) is 11.6 Å². The molecule has 0 bridgehead atoms. The number of rotatable bonds is 6. The van der Waals surface area contributed by atoms with Crippen molar-refractivity contribution in [1.82, 2.24) is 4.98 Å². The van der Waals surface area contributed by atoms with E-state index in [0.717, 1.165) is 0 Å². The number of pyridine rings is 1. The number of ether oxygens (including phenoxy) is 3. The maximum atomic E-state index is 12.0. The van der Waals surface area contributed by atoms with Crippen LogP contribution >= 0.6 is 11.6 Å². The summed E-state index contributed by atoms with van der Waals surface area (Å²) in [6, 6.07) is 7.83. The van der Waals surface area contributed by atoms with Gasteiger partial charge in [-0.2, -0.15) is 0 Å². The summed E-state index contributed by atoms with van der Waals surface area (Å²) in [4.78, 5) is 27.8. The minimum atomic E-state index is -0.715. The number of hydrogen-bond acceptors (Lipinski definition) is 6. The Morgan fingerprint density at radius 3 is 2.71 bits per heavy atom. The predicted octanol–water partition coefficient (Wildman–Crippen LogP) is 2.55. The molecule has 2 rings (SSSR count). The third kappa shape index (κ3) is 4.36. The summed E-state index contributed by atoms with van der Waals surface area (Å²) in [6.45, 7) is -0.480. The Labute approximate surface area is 143 Å². The fraction of sp³-hybridized carbons (Fsp3) is 0.188. The minimum absolute atomic E-state index is 0.124. The van der Waals surface area contributed by atoms with Crippen molar-refractivity contribution in [1.29, 1.82) is 0 Å². The van der Waals surface area contributed by atoms with Crippen molar-refractivity contribution in [3.63, 3.8) is 0 Å². The van der Waals surface area contributed by atoms with Crippen LogP contribution in [0.1, 0.15) is 10.4 Å². The molecule has 126 valence electrons. The van der Waals surface area contributed by atoms with E-state index in [1.165, 1.54) is 32.5 Å². The lowest BCUT2D eigenvalue weighted by Gasteiger charge is -2.11. The zero-order valence-electron chi connectivity index (χ0n) is 13.0. The molecule has 1 N–H and O–H groups in total. The van der Waals surface area contributed by atoms with Gasteiger partial charge in [0.25, 0.3) is 5.91 Å². The van der Waals surface area contributed by atoms with E-state index in [9.17, 15) is 9.59 Å². The average molecular weight is 351 g/mol. The summed E-state index contributed by atoms with van der Waals surface area (Å²) in [5.41, 5.74) is 0.512. The molecular formula is C16H15ClN2O5. The van der Waals surface area contributed by atoms with E-state index in [0.29, 0.717) is 16.5 Å². The molecule has 8 heteroatoms. The smallest absolute Gasteiger partial charge is 0.344 e. The molecule has 0 radical (unpaired) electrons. The van der Waals surface area contributed by atoms with Gasteiger partial charge in [-0.15, -0.1) is 0 Å². The number of amides is 1. The molecule has 0 fully saturated rings. The van der Waals surface area contributed by atoms with Gasteiger partial charge < -0.3 is 19.5 Å². The Morgan fingerprint density at radius 2 is 2.00 bits per heavy atom. The zero-order chi connectivity index (χ0) is 17.5. The first-order valence-electron chi connectivity index (χ1n) is 6.84. The van der Waals surface area contributed by atoms with E-state index in [1.54, 1.807) is 18.2 Å². The lowest BCUT2D eigenvalue weighted by Crippen LogP contribution is -2.21. The fourth-order valence-corrected chi connectivity index (χ4v) is 2.05. The van der Waals surface area contributed by atoms with Crippen molar-refractivity contribution in [3.05, 3.63) is 47.1 Å². The molecule has 1 aromatic heterocycles. The highest BCUT2D eigenvalue weighted by atomic mass is 35.5. The van der Waals surface area contributed by atoms with Gasteiger partial charge in [-0.05, 0) is 30.3 Å². The van der Waals surface area contributed by atoms with Crippen molar-refractivity contribution < 1.29 is 23.8 Å². The summed E-state index contributed by atoms with van der Waals surface area (Å²) in [5.74, 6) is -0.688.